The molecule has 4 atom stereocenters. The van der Waals surface area contributed by atoms with Crippen LogP contribution >= 0.6 is 45.2 Å². The zero-order valence-electron chi connectivity index (χ0n) is 24.7. The van der Waals surface area contributed by atoms with Crippen molar-refractivity contribution in [3.8, 4) is 0 Å². The minimum atomic E-state index is 0.324. The molecule has 0 aliphatic rings. The Bertz CT molecular complexity index is 468. The molecule has 0 N–H and O–H groups in total. The van der Waals surface area contributed by atoms with Gasteiger partial charge in [0.15, 0.2) is 0 Å². The first-order chi connectivity index (χ1) is 18.1. The van der Waals surface area contributed by atoms with Crippen molar-refractivity contribution in [2.75, 3.05) is 26.8 Å². The van der Waals surface area contributed by atoms with Gasteiger partial charge in [0.25, 0.3) is 0 Å². The van der Waals surface area contributed by atoms with Gasteiger partial charge in [-0.25, -0.2) is 0 Å². The molecule has 0 saturated carbocycles. The van der Waals surface area contributed by atoms with Crippen LogP contribution in [0.15, 0.2) is 24.3 Å². The summed E-state index contributed by atoms with van der Waals surface area (Å²) in [5.74, 6) is 1.23. The quantitative estimate of drug-likeness (QED) is 0.0262. The summed E-state index contributed by atoms with van der Waals surface area (Å²) in [5, 5.41) is 0. The first kappa shape index (κ1) is 37.8. The predicted octanol–water partition coefficient (Wildman–Crippen LogP) is 11.2. The molecule has 0 aromatic rings. The summed E-state index contributed by atoms with van der Waals surface area (Å²) in [6.07, 6.45) is 29.6. The van der Waals surface area contributed by atoms with Gasteiger partial charge in [0.1, 0.15) is 13.6 Å². The molecule has 4 unspecified atom stereocenters. The Labute approximate surface area is 259 Å². The molecule has 0 aromatic carbocycles. The fourth-order valence-corrected chi connectivity index (χ4v) is 6.30. The van der Waals surface area contributed by atoms with E-state index in [4.69, 9.17) is 14.2 Å². The molecule has 5 heteroatoms. The average Bonchev–Trinajstić information content (AvgIpc) is 2.89. The van der Waals surface area contributed by atoms with Crippen molar-refractivity contribution in [1.29, 1.82) is 0 Å². The van der Waals surface area contributed by atoms with Crippen molar-refractivity contribution < 1.29 is 14.2 Å². The molecule has 37 heavy (non-hydrogen) atoms. The summed E-state index contributed by atoms with van der Waals surface area (Å²) in [4.78, 5) is 0. The number of allylic oxidation sites excluding steroid dienone is 4. The second-order valence-corrected chi connectivity index (χ2v) is 13.9. The van der Waals surface area contributed by atoms with Crippen LogP contribution in [0.3, 0.4) is 0 Å². The Hall–Kier alpha value is 0.820. The van der Waals surface area contributed by atoms with E-state index in [1.807, 2.05) is 0 Å². The predicted molar refractivity (Wildman–Crippen MR) is 180 cm³/mol. The second kappa shape index (κ2) is 29.8. The molecule has 0 spiro atoms. The summed E-state index contributed by atoms with van der Waals surface area (Å²) in [6, 6.07) is 0. The maximum atomic E-state index is 5.79. The number of unbranched alkanes of at least 4 members (excludes halogenated alkanes) is 4. The molecular weight excluding hydrogens is 686 g/mol. The van der Waals surface area contributed by atoms with E-state index in [1.54, 1.807) is 0 Å². The van der Waals surface area contributed by atoms with E-state index in [1.165, 1.54) is 89.9 Å². The summed E-state index contributed by atoms with van der Waals surface area (Å²) in [5.41, 5.74) is 0. The van der Waals surface area contributed by atoms with Crippen LogP contribution in [0, 0.1) is 11.8 Å². The molecule has 3 nitrogen and oxygen atoms in total. The van der Waals surface area contributed by atoms with Gasteiger partial charge in [-0.05, 0) is 76.0 Å². The molecule has 0 radical (unpaired) electrons. The Morgan fingerprint density at radius 3 is 1.32 bits per heavy atom. The van der Waals surface area contributed by atoms with Gasteiger partial charge in [-0.1, -0.05) is 136 Å². The third-order valence-corrected chi connectivity index (χ3v) is 9.26. The smallest absolute Gasteiger partial charge is 0.149 e. The van der Waals surface area contributed by atoms with Crippen molar-refractivity contribution in [3.05, 3.63) is 24.3 Å². The molecule has 0 saturated heterocycles. The average molecular weight is 747 g/mol. The first-order valence-electron chi connectivity index (χ1n) is 15.4. The molecule has 0 heterocycles. The highest BCUT2D eigenvalue weighted by Crippen LogP contribution is 2.23. The zero-order valence-corrected chi connectivity index (χ0v) is 29.1. The van der Waals surface area contributed by atoms with Crippen molar-refractivity contribution in [2.24, 2.45) is 11.8 Å². The van der Waals surface area contributed by atoms with Crippen molar-refractivity contribution in [2.45, 2.75) is 138 Å². The lowest BCUT2D eigenvalue weighted by molar-refractivity contribution is -0.133. The molecule has 0 amide bonds. The molecule has 220 valence electrons. The number of alkyl halides is 2. The third kappa shape index (κ3) is 26.8. The van der Waals surface area contributed by atoms with E-state index in [9.17, 15) is 0 Å². The highest BCUT2D eigenvalue weighted by Gasteiger charge is 2.11. The fourth-order valence-electron chi connectivity index (χ4n) is 4.34. The Morgan fingerprint density at radius 2 is 0.946 bits per heavy atom. The SMILES string of the molecule is CCCCC=CC(CCOCOCOCCC(C=CCCCC)CCC(I)CCC)CCC(I)CCC. The standard InChI is InChI=1S/C32H60I2O3/c1-5-9-11-13-17-29(19-21-31(33)15-7-3)23-25-35-27-37-28-36-26-24-30(18-14-12-10-6-2)20-22-32(34)16-8-4/h13-14,17-18,29-32H,5-12,15-16,19-28H2,1-4H3. The molecule has 0 bridgehead atoms. The summed E-state index contributed by atoms with van der Waals surface area (Å²) >= 11 is 5.25. The van der Waals surface area contributed by atoms with Crippen LogP contribution in [0.1, 0.15) is 130 Å². The van der Waals surface area contributed by atoms with Crippen molar-refractivity contribution in [1.82, 2.24) is 0 Å². The molecule has 0 aromatic heterocycles. The van der Waals surface area contributed by atoms with Crippen LogP contribution in [0.4, 0.5) is 0 Å². The zero-order chi connectivity index (χ0) is 27.4. The molecule has 0 rings (SSSR count). The van der Waals surface area contributed by atoms with Gasteiger partial charge in [-0.2, -0.15) is 0 Å². The van der Waals surface area contributed by atoms with Crippen LogP contribution in [-0.2, 0) is 14.2 Å². The summed E-state index contributed by atoms with van der Waals surface area (Å²) in [7, 11) is 0. The third-order valence-electron chi connectivity index (χ3n) is 6.77. The normalized spacial score (nSPS) is 15.5. The van der Waals surface area contributed by atoms with Gasteiger partial charge in [-0.3, -0.25) is 0 Å². The van der Waals surface area contributed by atoms with Gasteiger partial charge in [0, 0.05) is 21.1 Å². The van der Waals surface area contributed by atoms with Crippen LogP contribution in [0.2, 0.25) is 0 Å². The number of halogens is 2. The van der Waals surface area contributed by atoms with Crippen molar-refractivity contribution in [3.63, 3.8) is 0 Å². The molecule has 0 aliphatic heterocycles. The summed E-state index contributed by atoms with van der Waals surface area (Å²) < 4.78 is 18.8. The van der Waals surface area contributed by atoms with Crippen LogP contribution in [0.5, 0.6) is 0 Å². The highest BCUT2D eigenvalue weighted by atomic mass is 127. The number of hydrogen-bond acceptors (Lipinski definition) is 3. The molecular formula is C32H60I2O3. The van der Waals surface area contributed by atoms with Crippen LogP contribution < -0.4 is 0 Å². The lowest BCUT2D eigenvalue weighted by Gasteiger charge is -2.16. The maximum absolute atomic E-state index is 5.79. The van der Waals surface area contributed by atoms with E-state index in [-0.39, 0.29) is 0 Å². The van der Waals surface area contributed by atoms with Gasteiger partial charge in [0.05, 0.1) is 0 Å². The first-order valence-corrected chi connectivity index (χ1v) is 17.9. The number of ether oxygens (including phenoxy) is 3. The maximum Gasteiger partial charge on any atom is 0.149 e. The Morgan fingerprint density at radius 1 is 0.514 bits per heavy atom. The van der Waals surface area contributed by atoms with Gasteiger partial charge < -0.3 is 14.2 Å². The van der Waals surface area contributed by atoms with Gasteiger partial charge >= 0.3 is 0 Å². The second-order valence-electron chi connectivity index (χ2n) is 10.4. The fraction of sp³-hybridized carbons (Fsp3) is 0.875. The van der Waals surface area contributed by atoms with Crippen LogP contribution in [-0.4, -0.2) is 34.6 Å². The van der Waals surface area contributed by atoms with Gasteiger partial charge in [0.2, 0.25) is 0 Å². The monoisotopic (exact) mass is 746 g/mol. The Kier molecular flexibility index (Phi) is 30.5. The lowest BCUT2D eigenvalue weighted by atomic mass is 9.96. The number of hydrogen-bond donors (Lipinski definition) is 0. The van der Waals surface area contributed by atoms with Gasteiger partial charge in [-0.15, -0.1) is 0 Å². The summed E-state index contributed by atoms with van der Waals surface area (Å²) in [6.45, 7) is 11.2. The largest absolute Gasteiger partial charge is 0.355 e. The minimum Gasteiger partial charge on any atom is -0.355 e. The van der Waals surface area contributed by atoms with E-state index in [2.05, 4.69) is 97.2 Å². The lowest BCUT2D eigenvalue weighted by Crippen LogP contribution is -2.11. The van der Waals surface area contributed by atoms with E-state index >= 15 is 0 Å². The Balaban J connectivity index is 4.13. The highest BCUT2D eigenvalue weighted by molar-refractivity contribution is 14.1. The van der Waals surface area contributed by atoms with Crippen molar-refractivity contribution >= 4 is 45.2 Å². The number of rotatable bonds is 28. The van der Waals surface area contributed by atoms with Crippen LogP contribution in [0.25, 0.3) is 0 Å². The van der Waals surface area contributed by atoms with E-state index in [0.717, 1.165) is 33.9 Å². The van der Waals surface area contributed by atoms with E-state index < -0.39 is 0 Å². The minimum absolute atomic E-state index is 0.324. The van der Waals surface area contributed by atoms with E-state index in [0.29, 0.717) is 25.4 Å². The molecule has 0 aliphatic carbocycles. The topological polar surface area (TPSA) is 27.7 Å². The molecule has 0 fully saturated rings.